The van der Waals surface area contributed by atoms with E-state index in [1.54, 1.807) is 23.2 Å². The lowest BCUT2D eigenvalue weighted by atomic mass is 10.2. The maximum atomic E-state index is 12.3. The quantitative estimate of drug-likeness (QED) is 0.751. The van der Waals surface area contributed by atoms with E-state index in [4.69, 9.17) is 5.11 Å². The molecule has 0 atom stereocenters. The molecule has 106 valence electrons. The molecule has 0 aliphatic heterocycles. The summed E-state index contributed by atoms with van der Waals surface area (Å²) in [6, 6.07) is 3.47. The van der Waals surface area contributed by atoms with Gasteiger partial charge in [-0.2, -0.15) is 0 Å². The lowest BCUT2D eigenvalue weighted by Crippen LogP contribution is -2.34. The largest absolute Gasteiger partial charge is 0.395 e. The van der Waals surface area contributed by atoms with Gasteiger partial charge in [0.1, 0.15) is 5.82 Å². The lowest BCUT2D eigenvalue weighted by molar-refractivity contribution is 0.0722. The Hall–Kier alpha value is -1.62. The van der Waals surface area contributed by atoms with E-state index in [0.29, 0.717) is 24.5 Å². The molecule has 0 aliphatic rings. The van der Waals surface area contributed by atoms with Gasteiger partial charge in [-0.3, -0.25) is 4.79 Å². The van der Waals surface area contributed by atoms with Gasteiger partial charge in [-0.05, 0) is 25.0 Å². The van der Waals surface area contributed by atoms with Crippen molar-refractivity contribution in [1.82, 2.24) is 9.88 Å². The van der Waals surface area contributed by atoms with E-state index in [1.807, 2.05) is 6.92 Å². The number of aromatic nitrogens is 1. The van der Waals surface area contributed by atoms with Crippen molar-refractivity contribution in [3.63, 3.8) is 0 Å². The fourth-order valence-electron chi connectivity index (χ4n) is 1.80. The first-order chi connectivity index (χ1) is 9.22. The van der Waals surface area contributed by atoms with Crippen LogP contribution in [-0.2, 0) is 0 Å². The first-order valence-corrected chi connectivity index (χ1v) is 6.83. The fourth-order valence-corrected chi connectivity index (χ4v) is 1.80. The van der Waals surface area contributed by atoms with E-state index in [0.717, 1.165) is 19.4 Å². The molecule has 0 unspecified atom stereocenters. The minimum Gasteiger partial charge on any atom is -0.395 e. The summed E-state index contributed by atoms with van der Waals surface area (Å²) in [7, 11) is 0. The van der Waals surface area contributed by atoms with E-state index < -0.39 is 0 Å². The highest BCUT2D eigenvalue weighted by Gasteiger charge is 2.14. The summed E-state index contributed by atoms with van der Waals surface area (Å²) < 4.78 is 0. The van der Waals surface area contributed by atoms with Gasteiger partial charge >= 0.3 is 0 Å². The van der Waals surface area contributed by atoms with Crippen molar-refractivity contribution in [2.24, 2.45) is 0 Å². The number of hydrogen-bond donors (Lipinski definition) is 2. The maximum absolute atomic E-state index is 12.3. The van der Waals surface area contributed by atoms with Gasteiger partial charge in [0.25, 0.3) is 5.91 Å². The fraction of sp³-hybridized carbons (Fsp3) is 0.571. The van der Waals surface area contributed by atoms with Crippen LogP contribution in [0.25, 0.3) is 0 Å². The number of rotatable bonds is 8. The third kappa shape index (κ3) is 4.87. The highest BCUT2D eigenvalue weighted by Crippen LogP contribution is 2.10. The summed E-state index contributed by atoms with van der Waals surface area (Å²) in [5, 5.41) is 12.2. The molecule has 0 radical (unpaired) electrons. The Morgan fingerprint density at radius 1 is 1.37 bits per heavy atom. The number of amides is 1. The van der Waals surface area contributed by atoms with Crippen LogP contribution in [0.1, 0.15) is 37.0 Å². The van der Waals surface area contributed by atoms with Crippen molar-refractivity contribution < 1.29 is 9.90 Å². The molecule has 1 aromatic heterocycles. The number of aliphatic hydroxyl groups is 1. The van der Waals surface area contributed by atoms with Crippen LogP contribution in [0.15, 0.2) is 18.3 Å². The van der Waals surface area contributed by atoms with Crippen LogP contribution in [0.2, 0.25) is 0 Å². The van der Waals surface area contributed by atoms with Crippen molar-refractivity contribution >= 4 is 11.7 Å². The molecule has 0 saturated carbocycles. The van der Waals surface area contributed by atoms with Crippen molar-refractivity contribution in [2.45, 2.75) is 26.7 Å². The van der Waals surface area contributed by atoms with Gasteiger partial charge in [0.15, 0.2) is 0 Å². The minimum atomic E-state index is -0.0575. The molecule has 0 spiro atoms. The molecule has 0 fully saturated rings. The zero-order valence-corrected chi connectivity index (χ0v) is 11.7. The van der Waals surface area contributed by atoms with Gasteiger partial charge in [-0.1, -0.05) is 13.8 Å². The first-order valence-electron chi connectivity index (χ1n) is 6.83. The maximum Gasteiger partial charge on any atom is 0.254 e. The number of anilines is 1. The Labute approximate surface area is 114 Å². The molecule has 5 nitrogen and oxygen atoms in total. The highest BCUT2D eigenvalue weighted by atomic mass is 16.3. The summed E-state index contributed by atoms with van der Waals surface area (Å²) in [5.41, 5.74) is 0.607. The SMILES string of the molecule is CCCNc1cc(C(=O)N(CCC)CCO)ccn1. The number of pyridine rings is 1. The topological polar surface area (TPSA) is 65.5 Å². The summed E-state index contributed by atoms with van der Waals surface area (Å²) in [4.78, 5) is 18.2. The summed E-state index contributed by atoms with van der Waals surface area (Å²) in [6.07, 6.45) is 3.51. The summed E-state index contributed by atoms with van der Waals surface area (Å²) in [5.74, 6) is 0.658. The van der Waals surface area contributed by atoms with Crippen molar-refractivity contribution in [1.29, 1.82) is 0 Å². The molecule has 0 aliphatic carbocycles. The third-order valence-corrected chi connectivity index (χ3v) is 2.71. The highest BCUT2D eigenvalue weighted by molar-refractivity contribution is 5.94. The normalized spacial score (nSPS) is 10.3. The standard InChI is InChI=1S/C14H23N3O2/c1-3-6-15-13-11-12(5-7-16-13)14(19)17(8-4-2)9-10-18/h5,7,11,18H,3-4,6,8-10H2,1-2H3,(H,15,16). The second kappa shape index (κ2) is 8.48. The van der Waals surface area contributed by atoms with Crippen LogP contribution in [-0.4, -0.2) is 47.1 Å². The van der Waals surface area contributed by atoms with Crippen LogP contribution < -0.4 is 5.32 Å². The zero-order valence-electron chi connectivity index (χ0n) is 11.7. The Balaban J connectivity index is 2.78. The second-order valence-electron chi connectivity index (χ2n) is 4.37. The Morgan fingerprint density at radius 3 is 2.79 bits per heavy atom. The number of nitrogens with zero attached hydrogens (tertiary/aromatic N) is 2. The molecule has 1 aromatic rings. The summed E-state index contributed by atoms with van der Waals surface area (Å²) >= 11 is 0. The molecule has 0 saturated heterocycles. The van der Waals surface area contributed by atoms with Crippen LogP contribution in [0, 0.1) is 0 Å². The number of carbonyl (C=O) groups excluding carboxylic acids is 1. The predicted molar refractivity (Wildman–Crippen MR) is 76.3 cm³/mol. The number of nitrogens with one attached hydrogen (secondary N) is 1. The van der Waals surface area contributed by atoms with Crippen LogP contribution in [0.5, 0.6) is 0 Å². The molecule has 1 heterocycles. The Bertz CT molecular complexity index is 390. The summed E-state index contributed by atoms with van der Waals surface area (Å²) in [6.45, 7) is 5.93. The van der Waals surface area contributed by atoms with Gasteiger partial charge in [0.2, 0.25) is 0 Å². The molecule has 1 rings (SSSR count). The number of hydrogen-bond acceptors (Lipinski definition) is 4. The van der Waals surface area contributed by atoms with Gasteiger partial charge in [0, 0.05) is 31.4 Å². The molecule has 0 aromatic carbocycles. The molecular formula is C14H23N3O2. The van der Waals surface area contributed by atoms with E-state index in [-0.39, 0.29) is 12.5 Å². The smallest absolute Gasteiger partial charge is 0.254 e. The van der Waals surface area contributed by atoms with E-state index in [2.05, 4.69) is 17.2 Å². The van der Waals surface area contributed by atoms with E-state index >= 15 is 0 Å². The molecule has 1 amide bonds. The number of aliphatic hydroxyl groups excluding tert-OH is 1. The monoisotopic (exact) mass is 265 g/mol. The number of carbonyl (C=O) groups is 1. The average molecular weight is 265 g/mol. The van der Waals surface area contributed by atoms with Gasteiger partial charge in [-0.15, -0.1) is 0 Å². The Morgan fingerprint density at radius 2 is 2.16 bits per heavy atom. The molecule has 19 heavy (non-hydrogen) atoms. The average Bonchev–Trinajstić information content (AvgIpc) is 2.44. The van der Waals surface area contributed by atoms with E-state index in [1.165, 1.54) is 0 Å². The minimum absolute atomic E-state index is 0.0161. The van der Waals surface area contributed by atoms with Gasteiger partial charge in [0.05, 0.1) is 6.61 Å². The zero-order chi connectivity index (χ0) is 14.1. The van der Waals surface area contributed by atoms with E-state index in [9.17, 15) is 4.79 Å². The molecular weight excluding hydrogens is 242 g/mol. The van der Waals surface area contributed by atoms with Crippen molar-refractivity contribution in [3.8, 4) is 0 Å². The van der Waals surface area contributed by atoms with Crippen LogP contribution >= 0.6 is 0 Å². The predicted octanol–water partition coefficient (Wildman–Crippen LogP) is 1.75. The van der Waals surface area contributed by atoms with Crippen LogP contribution in [0.4, 0.5) is 5.82 Å². The van der Waals surface area contributed by atoms with Gasteiger partial charge in [-0.25, -0.2) is 4.98 Å². The molecule has 0 bridgehead atoms. The Kier molecular flexibility index (Phi) is 6.89. The second-order valence-corrected chi connectivity index (χ2v) is 4.37. The lowest BCUT2D eigenvalue weighted by Gasteiger charge is -2.21. The third-order valence-electron chi connectivity index (χ3n) is 2.71. The molecule has 2 N–H and O–H groups in total. The molecule has 5 heteroatoms. The van der Waals surface area contributed by atoms with Crippen LogP contribution in [0.3, 0.4) is 0 Å². The van der Waals surface area contributed by atoms with Crippen molar-refractivity contribution in [3.05, 3.63) is 23.9 Å². The van der Waals surface area contributed by atoms with Crippen molar-refractivity contribution in [2.75, 3.05) is 31.6 Å². The van der Waals surface area contributed by atoms with Gasteiger partial charge < -0.3 is 15.3 Å². The first kappa shape index (κ1) is 15.4.